The third-order valence-electron chi connectivity index (χ3n) is 5.93. The minimum atomic E-state index is -0.867. The second-order valence-corrected chi connectivity index (χ2v) is 7.37. The van der Waals surface area contributed by atoms with Crippen LogP contribution in [0.3, 0.4) is 0 Å². The summed E-state index contributed by atoms with van der Waals surface area (Å²) in [4.78, 5) is 27.6. The number of nitrogens with zero attached hydrogens (tertiary/aromatic N) is 1. The van der Waals surface area contributed by atoms with Gasteiger partial charge in [0.05, 0.1) is 11.3 Å². The lowest BCUT2D eigenvalue weighted by atomic mass is 9.62. The molecule has 1 spiro atoms. The predicted octanol–water partition coefficient (Wildman–Crippen LogP) is 2.78. The zero-order valence-corrected chi connectivity index (χ0v) is 14.8. The lowest BCUT2D eigenvalue weighted by molar-refractivity contribution is -0.145. The maximum Gasteiger partial charge on any atom is 0.251 e. The van der Waals surface area contributed by atoms with Gasteiger partial charge in [0.25, 0.3) is 5.91 Å². The number of halogens is 1. The number of likely N-dealkylation sites (tertiary alicyclic amines) is 1. The van der Waals surface area contributed by atoms with Gasteiger partial charge in [-0.1, -0.05) is 36.4 Å². The Morgan fingerprint density at radius 1 is 1.22 bits per heavy atom. The number of benzene rings is 2. The number of hydrogen-bond donors (Lipinski definition) is 2. The van der Waals surface area contributed by atoms with Crippen LogP contribution in [0.2, 0.25) is 0 Å². The minimum Gasteiger partial charge on any atom is -0.338 e. The maximum absolute atomic E-state index is 13.5. The summed E-state index contributed by atoms with van der Waals surface area (Å²) in [5, 5.41) is 9.31. The van der Waals surface area contributed by atoms with E-state index in [9.17, 15) is 19.2 Å². The van der Waals surface area contributed by atoms with E-state index in [2.05, 4.69) is 0 Å². The molecule has 1 fully saturated rings. The van der Waals surface area contributed by atoms with E-state index in [1.54, 1.807) is 22.5 Å². The number of hydroxylamine groups is 1. The first-order valence-corrected chi connectivity index (χ1v) is 9.11. The van der Waals surface area contributed by atoms with Crippen LogP contribution in [0, 0.1) is 11.2 Å². The van der Waals surface area contributed by atoms with Crippen LogP contribution in [-0.2, 0) is 22.6 Å². The molecule has 0 saturated carbocycles. The molecule has 4 rings (SSSR count). The van der Waals surface area contributed by atoms with Crippen LogP contribution in [0.25, 0.3) is 0 Å². The van der Waals surface area contributed by atoms with E-state index in [0.717, 1.165) is 16.7 Å². The van der Waals surface area contributed by atoms with E-state index in [1.165, 1.54) is 12.1 Å². The first-order valence-electron chi connectivity index (χ1n) is 9.11. The van der Waals surface area contributed by atoms with Crippen LogP contribution in [0.15, 0.2) is 48.5 Å². The summed E-state index contributed by atoms with van der Waals surface area (Å²) in [7, 11) is 0. The van der Waals surface area contributed by atoms with Gasteiger partial charge in [-0.3, -0.25) is 14.8 Å². The minimum absolute atomic E-state index is 0.102. The lowest BCUT2D eigenvalue weighted by Gasteiger charge is -2.39. The molecule has 2 aromatic carbocycles. The smallest absolute Gasteiger partial charge is 0.251 e. The molecule has 2 N–H and O–H groups in total. The third kappa shape index (κ3) is 2.90. The Hall–Kier alpha value is -2.73. The number of nitrogens with one attached hydrogen (secondary N) is 1. The molecule has 0 bridgehead atoms. The molecule has 2 aliphatic rings. The highest BCUT2D eigenvalue weighted by Gasteiger charge is 2.56. The molecule has 6 heteroatoms. The third-order valence-corrected chi connectivity index (χ3v) is 5.93. The SMILES string of the molecule is O=C(NO)C1c2ccccc2CC[C@]12CCN(Cc1cccc(F)c1)C2=O. The summed E-state index contributed by atoms with van der Waals surface area (Å²) < 4.78 is 13.5. The van der Waals surface area contributed by atoms with Crippen LogP contribution in [0.1, 0.15) is 35.4 Å². The summed E-state index contributed by atoms with van der Waals surface area (Å²) in [5.74, 6) is -1.71. The fraction of sp³-hybridized carbons (Fsp3) is 0.333. The van der Waals surface area contributed by atoms with E-state index in [4.69, 9.17) is 0 Å². The van der Waals surface area contributed by atoms with Gasteiger partial charge >= 0.3 is 0 Å². The first-order chi connectivity index (χ1) is 13.0. The van der Waals surface area contributed by atoms with E-state index in [1.807, 2.05) is 24.3 Å². The van der Waals surface area contributed by atoms with Crippen molar-refractivity contribution in [1.82, 2.24) is 10.4 Å². The molecule has 0 radical (unpaired) electrons. The van der Waals surface area contributed by atoms with Crippen molar-refractivity contribution in [2.45, 2.75) is 31.7 Å². The second-order valence-electron chi connectivity index (χ2n) is 7.37. The van der Waals surface area contributed by atoms with Crippen LogP contribution in [0.5, 0.6) is 0 Å². The summed E-state index contributed by atoms with van der Waals surface area (Å²) >= 11 is 0. The van der Waals surface area contributed by atoms with Gasteiger partial charge < -0.3 is 4.90 Å². The van der Waals surface area contributed by atoms with Crippen LogP contribution >= 0.6 is 0 Å². The predicted molar refractivity (Wildman–Crippen MR) is 96.3 cm³/mol. The van der Waals surface area contributed by atoms with Gasteiger partial charge in [-0.05, 0) is 48.1 Å². The average Bonchev–Trinajstić information content (AvgIpc) is 2.97. The molecule has 2 atom stereocenters. The van der Waals surface area contributed by atoms with Gasteiger partial charge in [-0.2, -0.15) is 0 Å². The molecule has 1 aliphatic heterocycles. The Balaban J connectivity index is 1.67. The van der Waals surface area contributed by atoms with Crippen LogP contribution < -0.4 is 5.48 Å². The zero-order chi connectivity index (χ0) is 19.0. The fourth-order valence-corrected chi connectivity index (χ4v) is 4.66. The normalized spacial score (nSPS) is 24.1. The van der Waals surface area contributed by atoms with E-state index < -0.39 is 17.2 Å². The Labute approximate surface area is 156 Å². The standard InChI is InChI=1S/C21H21FN2O3/c22-16-6-3-4-14(12-16)13-24-11-10-21(20(24)26)9-8-15-5-1-2-7-17(15)18(21)19(25)23-27/h1-7,12,18,27H,8-11,13H2,(H,23,25)/t18?,21-/m0/s1. The molecule has 1 unspecified atom stereocenters. The number of hydrogen-bond acceptors (Lipinski definition) is 3. The lowest BCUT2D eigenvalue weighted by Crippen LogP contribution is -2.47. The van der Waals surface area contributed by atoms with Crippen molar-refractivity contribution in [3.8, 4) is 0 Å². The van der Waals surface area contributed by atoms with Gasteiger partial charge in [0.15, 0.2) is 0 Å². The van der Waals surface area contributed by atoms with Crippen molar-refractivity contribution in [2.24, 2.45) is 5.41 Å². The molecule has 1 saturated heterocycles. The van der Waals surface area contributed by atoms with Gasteiger partial charge in [0, 0.05) is 13.1 Å². The Morgan fingerprint density at radius 3 is 2.81 bits per heavy atom. The van der Waals surface area contributed by atoms with Crippen molar-refractivity contribution in [1.29, 1.82) is 0 Å². The largest absolute Gasteiger partial charge is 0.338 e. The molecule has 27 heavy (non-hydrogen) atoms. The number of carbonyl (C=O) groups excluding carboxylic acids is 2. The molecule has 0 aromatic heterocycles. The number of amides is 2. The number of aryl methyl sites for hydroxylation is 1. The Kier molecular flexibility index (Phi) is 4.44. The van der Waals surface area contributed by atoms with Crippen molar-refractivity contribution < 1.29 is 19.2 Å². The molecule has 2 aromatic rings. The highest BCUT2D eigenvalue weighted by Crippen LogP contribution is 2.52. The van der Waals surface area contributed by atoms with Crippen molar-refractivity contribution in [3.05, 3.63) is 71.0 Å². The first kappa shape index (κ1) is 17.7. The second kappa shape index (κ2) is 6.78. The average molecular weight is 368 g/mol. The van der Waals surface area contributed by atoms with Crippen molar-refractivity contribution in [3.63, 3.8) is 0 Å². The molecule has 5 nitrogen and oxygen atoms in total. The van der Waals surface area contributed by atoms with Gasteiger partial charge in [-0.15, -0.1) is 0 Å². The Morgan fingerprint density at radius 2 is 2.04 bits per heavy atom. The highest BCUT2D eigenvalue weighted by molar-refractivity contribution is 5.95. The quantitative estimate of drug-likeness (QED) is 0.647. The van der Waals surface area contributed by atoms with Crippen LogP contribution in [0.4, 0.5) is 4.39 Å². The zero-order valence-electron chi connectivity index (χ0n) is 14.8. The maximum atomic E-state index is 13.5. The Bertz CT molecular complexity index is 901. The summed E-state index contributed by atoms with van der Waals surface area (Å²) in [5.41, 5.74) is 3.45. The highest BCUT2D eigenvalue weighted by atomic mass is 19.1. The summed E-state index contributed by atoms with van der Waals surface area (Å²) in [6, 6.07) is 13.8. The van der Waals surface area contributed by atoms with E-state index >= 15 is 0 Å². The fourth-order valence-electron chi connectivity index (χ4n) is 4.66. The number of fused-ring (bicyclic) bond motifs is 1. The van der Waals surface area contributed by atoms with Crippen LogP contribution in [-0.4, -0.2) is 28.5 Å². The summed E-state index contributed by atoms with van der Waals surface area (Å²) in [6.07, 6.45) is 1.80. The van der Waals surface area contributed by atoms with E-state index in [-0.39, 0.29) is 11.7 Å². The van der Waals surface area contributed by atoms with E-state index in [0.29, 0.717) is 32.4 Å². The molecule has 2 amide bonds. The van der Waals surface area contributed by atoms with Gasteiger partial charge in [-0.25, -0.2) is 9.87 Å². The molecular weight excluding hydrogens is 347 g/mol. The monoisotopic (exact) mass is 368 g/mol. The molecule has 140 valence electrons. The van der Waals surface area contributed by atoms with Gasteiger partial charge in [0.2, 0.25) is 5.91 Å². The van der Waals surface area contributed by atoms with Gasteiger partial charge in [0.1, 0.15) is 5.82 Å². The topological polar surface area (TPSA) is 69.6 Å². The van der Waals surface area contributed by atoms with Crippen molar-refractivity contribution in [2.75, 3.05) is 6.54 Å². The molecule has 1 heterocycles. The number of rotatable bonds is 3. The summed E-state index contributed by atoms with van der Waals surface area (Å²) in [6.45, 7) is 0.820. The molecular formula is C21H21FN2O3. The number of carbonyl (C=O) groups is 2. The molecule has 1 aliphatic carbocycles. The van der Waals surface area contributed by atoms with Crippen molar-refractivity contribution >= 4 is 11.8 Å².